The van der Waals surface area contributed by atoms with Crippen LogP contribution in [0.25, 0.3) is 0 Å². The lowest BCUT2D eigenvalue weighted by atomic mass is 10.2. The van der Waals surface area contributed by atoms with Crippen LogP contribution in [0.4, 0.5) is 20.3 Å². The maximum Gasteiger partial charge on any atom is 0.387 e. The molecule has 0 bridgehead atoms. The molecule has 0 saturated heterocycles. The van der Waals surface area contributed by atoms with Gasteiger partial charge in [-0.15, -0.1) is 0 Å². The first kappa shape index (κ1) is 22.7. The van der Waals surface area contributed by atoms with E-state index in [9.17, 15) is 8.78 Å². The van der Waals surface area contributed by atoms with Crippen molar-refractivity contribution in [1.29, 1.82) is 0 Å². The molecule has 11 heteroatoms. The normalized spacial score (nSPS) is 10.9. The van der Waals surface area contributed by atoms with E-state index in [4.69, 9.17) is 35.4 Å². The van der Waals surface area contributed by atoms with Gasteiger partial charge in [-0.3, -0.25) is 4.68 Å². The van der Waals surface area contributed by atoms with Crippen molar-refractivity contribution in [3.63, 3.8) is 0 Å². The third-order valence-corrected chi connectivity index (χ3v) is 5.27. The minimum Gasteiger partial charge on any atom is -0.433 e. The summed E-state index contributed by atoms with van der Waals surface area (Å²) in [5, 5.41) is 11.4. The molecule has 0 atom stereocenters. The molecule has 0 radical (unpaired) electrons. The molecule has 0 aliphatic heterocycles. The second-order valence-corrected chi connectivity index (χ2v) is 8.32. The van der Waals surface area contributed by atoms with Gasteiger partial charge in [0.05, 0.1) is 16.7 Å². The monoisotopic (exact) mass is 534 g/mol. The number of halogens is 5. The molecular formula is C19H15BrCl2F2N4OS. The summed E-state index contributed by atoms with van der Waals surface area (Å²) < 4.78 is 32.2. The molecular weight excluding hydrogens is 521 g/mol. The molecule has 5 nitrogen and oxygen atoms in total. The molecule has 3 rings (SSSR count). The van der Waals surface area contributed by atoms with Crippen molar-refractivity contribution >= 4 is 68.0 Å². The number of benzene rings is 2. The molecule has 30 heavy (non-hydrogen) atoms. The zero-order valence-electron chi connectivity index (χ0n) is 15.4. The van der Waals surface area contributed by atoms with Gasteiger partial charge in [0.1, 0.15) is 5.75 Å². The molecule has 0 unspecified atom stereocenters. The van der Waals surface area contributed by atoms with Crippen LogP contribution in [0.5, 0.6) is 5.75 Å². The maximum absolute atomic E-state index is 12.7. The molecule has 0 aliphatic rings. The average Bonchev–Trinajstić information content (AvgIpc) is 2.98. The standard InChI is InChI=1S/C19H15BrCl2F2N4OS/c1-10-2-5-15(16(6-10)29-18(23)24)25-19(30)26-17-13(20)9-28(27-17)8-11-3-4-12(21)7-14(11)22/h2-7,9,18H,8H2,1H3,(H2,25,26,27,30). The van der Waals surface area contributed by atoms with E-state index < -0.39 is 6.61 Å². The van der Waals surface area contributed by atoms with Crippen LogP contribution in [0.1, 0.15) is 11.1 Å². The molecule has 0 fully saturated rings. The summed E-state index contributed by atoms with van der Waals surface area (Å²) in [4.78, 5) is 0. The van der Waals surface area contributed by atoms with Crippen LogP contribution in [0.3, 0.4) is 0 Å². The number of rotatable bonds is 6. The van der Waals surface area contributed by atoms with Crippen molar-refractivity contribution < 1.29 is 13.5 Å². The topological polar surface area (TPSA) is 51.1 Å². The smallest absolute Gasteiger partial charge is 0.387 e. The number of nitrogens with one attached hydrogen (secondary N) is 2. The lowest BCUT2D eigenvalue weighted by Gasteiger charge is -2.14. The van der Waals surface area contributed by atoms with Gasteiger partial charge in [-0.1, -0.05) is 35.3 Å². The van der Waals surface area contributed by atoms with Crippen LogP contribution in [-0.4, -0.2) is 21.5 Å². The van der Waals surface area contributed by atoms with Crippen molar-refractivity contribution in [1.82, 2.24) is 9.78 Å². The lowest BCUT2D eigenvalue weighted by molar-refractivity contribution is -0.0493. The highest BCUT2D eigenvalue weighted by molar-refractivity contribution is 9.10. The Labute approximate surface area is 195 Å². The van der Waals surface area contributed by atoms with E-state index in [1.54, 1.807) is 42.1 Å². The Balaban J connectivity index is 1.70. The van der Waals surface area contributed by atoms with Gasteiger partial charge in [0.2, 0.25) is 0 Å². The Kier molecular flexibility index (Phi) is 7.51. The molecule has 3 aromatic rings. The van der Waals surface area contributed by atoms with Gasteiger partial charge in [-0.2, -0.15) is 13.9 Å². The van der Waals surface area contributed by atoms with Gasteiger partial charge < -0.3 is 15.4 Å². The summed E-state index contributed by atoms with van der Waals surface area (Å²) in [6.07, 6.45) is 1.76. The maximum atomic E-state index is 12.7. The molecule has 0 aliphatic carbocycles. The fraction of sp³-hybridized carbons (Fsp3) is 0.158. The zero-order chi connectivity index (χ0) is 21.8. The number of aryl methyl sites for hydroxylation is 1. The van der Waals surface area contributed by atoms with Crippen LogP contribution < -0.4 is 15.4 Å². The highest BCUT2D eigenvalue weighted by Crippen LogP contribution is 2.28. The second-order valence-electron chi connectivity index (χ2n) is 6.22. The predicted octanol–water partition coefficient (Wildman–Crippen LogP) is 6.72. The van der Waals surface area contributed by atoms with Gasteiger partial charge in [0, 0.05) is 16.2 Å². The quantitative estimate of drug-likeness (QED) is 0.343. The summed E-state index contributed by atoms with van der Waals surface area (Å²) in [6, 6.07) is 10.1. The first-order chi connectivity index (χ1) is 14.2. The fourth-order valence-electron chi connectivity index (χ4n) is 2.57. The first-order valence-electron chi connectivity index (χ1n) is 8.51. The Morgan fingerprint density at radius 3 is 2.70 bits per heavy atom. The second kappa shape index (κ2) is 9.91. The summed E-state index contributed by atoms with van der Waals surface area (Å²) in [5.74, 6) is 0.442. The number of ether oxygens (including phenoxy) is 1. The van der Waals surface area contributed by atoms with E-state index in [-0.39, 0.29) is 10.9 Å². The number of hydrogen-bond acceptors (Lipinski definition) is 3. The summed E-state index contributed by atoms with van der Waals surface area (Å²) in [6.45, 7) is -0.755. The van der Waals surface area contributed by atoms with Crippen LogP contribution >= 0.6 is 51.3 Å². The Morgan fingerprint density at radius 2 is 2.00 bits per heavy atom. The zero-order valence-corrected chi connectivity index (χ0v) is 19.3. The van der Waals surface area contributed by atoms with Gasteiger partial charge in [0.15, 0.2) is 10.9 Å². The Morgan fingerprint density at radius 1 is 1.23 bits per heavy atom. The molecule has 1 aromatic heterocycles. The number of alkyl halides is 2. The largest absolute Gasteiger partial charge is 0.433 e. The van der Waals surface area contributed by atoms with E-state index in [1.165, 1.54) is 6.07 Å². The molecule has 2 aromatic carbocycles. The van der Waals surface area contributed by atoms with Gasteiger partial charge in [-0.25, -0.2) is 0 Å². The molecule has 1 heterocycles. The van der Waals surface area contributed by atoms with Crippen molar-refractivity contribution in [3.8, 4) is 5.75 Å². The summed E-state index contributed by atoms with van der Waals surface area (Å²) >= 11 is 20.8. The Bertz CT molecular complexity index is 1080. The third kappa shape index (κ3) is 6.04. The van der Waals surface area contributed by atoms with Gasteiger partial charge in [-0.05, 0) is 70.5 Å². The van der Waals surface area contributed by atoms with Gasteiger partial charge >= 0.3 is 6.61 Å². The predicted molar refractivity (Wildman–Crippen MR) is 123 cm³/mol. The van der Waals surface area contributed by atoms with Crippen LogP contribution in [-0.2, 0) is 6.54 Å². The van der Waals surface area contributed by atoms with E-state index in [1.807, 2.05) is 6.07 Å². The van der Waals surface area contributed by atoms with E-state index in [2.05, 4.69) is 36.4 Å². The van der Waals surface area contributed by atoms with E-state index in [0.29, 0.717) is 32.6 Å². The van der Waals surface area contributed by atoms with Crippen molar-refractivity contribution in [2.75, 3.05) is 10.6 Å². The summed E-state index contributed by atoms with van der Waals surface area (Å²) in [7, 11) is 0. The fourth-order valence-corrected chi connectivity index (χ4v) is 3.66. The highest BCUT2D eigenvalue weighted by atomic mass is 79.9. The molecule has 2 N–H and O–H groups in total. The molecule has 158 valence electrons. The molecule has 0 saturated carbocycles. The molecule has 0 spiro atoms. The van der Waals surface area contributed by atoms with E-state index >= 15 is 0 Å². The van der Waals surface area contributed by atoms with Crippen molar-refractivity contribution in [3.05, 3.63) is 68.2 Å². The van der Waals surface area contributed by atoms with Crippen molar-refractivity contribution in [2.45, 2.75) is 20.1 Å². The van der Waals surface area contributed by atoms with Crippen LogP contribution in [0.2, 0.25) is 10.0 Å². The average molecular weight is 536 g/mol. The number of nitrogens with zero attached hydrogens (tertiary/aromatic N) is 2. The number of anilines is 2. The van der Waals surface area contributed by atoms with Crippen molar-refractivity contribution in [2.24, 2.45) is 0 Å². The van der Waals surface area contributed by atoms with Crippen LogP contribution in [0, 0.1) is 6.92 Å². The summed E-state index contributed by atoms with van der Waals surface area (Å²) in [5.41, 5.74) is 1.93. The van der Waals surface area contributed by atoms with E-state index in [0.717, 1.165) is 11.1 Å². The number of aromatic nitrogens is 2. The van der Waals surface area contributed by atoms with Crippen LogP contribution in [0.15, 0.2) is 47.1 Å². The third-order valence-electron chi connectivity index (χ3n) is 3.90. The highest BCUT2D eigenvalue weighted by Gasteiger charge is 2.14. The number of thiocarbonyl (C=S) groups is 1. The minimum absolute atomic E-state index is 0.00359. The Hall–Kier alpha value is -1.94. The minimum atomic E-state index is -2.95. The number of hydrogen-bond donors (Lipinski definition) is 2. The first-order valence-corrected chi connectivity index (χ1v) is 10.5. The SMILES string of the molecule is Cc1ccc(NC(=S)Nc2nn(Cc3ccc(Cl)cc3Cl)cc2Br)c(OC(F)F)c1. The van der Waals surface area contributed by atoms with Gasteiger partial charge in [0.25, 0.3) is 0 Å². The lowest BCUT2D eigenvalue weighted by Crippen LogP contribution is -2.20. The molecule has 0 amide bonds.